The molecule has 1 aromatic rings. The molecule has 1 aliphatic heterocycles. The van der Waals surface area contributed by atoms with Crippen molar-refractivity contribution in [3.63, 3.8) is 0 Å². The van der Waals surface area contributed by atoms with Crippen LogP contribution in [-0.4, -0.2) is 36.8 Å². The Morgan fingerprint density at radius 3 is 1.83 bits per heavy atom. The molecular formula is C16H6Cl8N2O3. The first-order valence-corrected chi connectivity index (χ1v) is 10.8. The second-order valence-corrected chi connectivity index (χ2v) is 10.8. The van der Waals surface area contributed by atoms with Gasteiger partial charge in [0.15, 0.2) is 4.33 Å². The summed E-state index contributed by atoms with van der Waals surface area (Å²) in [6.45, 7) is 0. The summed E-state index contributed by atoms with van der Waals surface area (Å²) in [5.74, 6) is -5.30. The van der Waals surface area contributed by atoms with E-state index < -0.39 is 43.6 Å². The lowest BCUT2D eigenvalue weighted by molar-refractivity contribution is -0.143. The van der Waals surface area contributed by atoms with Crippen LogP contribution in [0.1, 0.15) is 10.4 Å². The van der Waals surface area contributed by atoms with E-state index in [1.807, 2.05) is 0 Å². The van der Waals surface area contributed by atoms with Crippen molar-refractivity contribution in [2.45, 2.75) is 14.1 Å². The predicted octanol–water partition coefficient (Wildman–Crippen LogP) is 5.08. The van der Waals surface area contributed by atoms with E-state index >= 15 is 0 Å². The van der Waals surface area contributed by atoms with Crippen molar-refractivity contribution in [1.29, 1.82) is 0 Å². The van der Waals surface area contributed by atoms with Crippen molar-refractivity contribution in [3.05, 3.63) is 43.9 Å². The molecule has 1 saturated carbocycles. The zero-order valence-electron chi connectivity index (χ0n) is 13.6. The largest absolute Gasteiger partial charge is 0.272 e. The van der Waals surface area contributed by atoms with Crippen molar-refractivity contribution in [1.82, 2.24) is 10.4 Å². The highest BCUT2D eigenvalue weighted by molar-refractivity contribution is 6.66. The summed E-state index contributed by atoms with van der Waals surface area (Å²) in [5.41, 5.74) is 2.19. The second-order valence-electron chi connectivity index (χ2n) is 6.66. The topological polar surface area (TPSA) is 66.5 Å². The molecule has 1 aromatic carbocycles. The quantitative estimate of drug-likeness (QED) is 0.407. The number of benzene rings is 1. The molecule has 13 heteroatoms. The van der Waals surface area contributed by atoms with E-state index in [1.165, 1.54) is 18.2 Å². The number of carbonyl (C=O) groups excluding carboxylic acids is 3. The number of allylic oxidation sites excluding steroid dienone is 2. The smallest absolute Gasteiger partial charge is 0.271 e. The summed E-state index contributed by atoms with van der Waals surface area (Å²) in [7, 11) is 0. The molecule has 0 spiro atoms. The molecule has 2 fully saturated rings. The van der Waals surface area contributed by atoms with Gasteiger partial charge in [0, 0.05) is 5.02 Å². The maximum atomic E-state index is 13.0. The Morgan fingerprint density at radius 1 is 0.897 bits per heavy atom. The van der Waals surface area contributed by atoms with Crippen LogP contribution in [0, 0.1) is 11.8 Å². The molecule has 3 aliphatic rings. The fourth-order valence-electron chi connectivity index (χ4n) is 3.94. The summed E-state index contributed by atoms with van der Waals surface area (Å²) in [4.78, 5) is 34.7. The number of carbonyl (C=O) groups is 3. The van der Waals surface area contributed by atoms with Gasteiger partial charge in [0.05, 0.1) is 32.5 Å². The maximum Gasteiger partial charge on any atom is 0.271 e. The van der Waals surface area contributed by atoms with E-state index in [2.05, 4.69) is 5.43 Å². The number of halogens is 8. The normalized spacial score (nSPS) is 34.8. The molecule has 2 bridgehead atoms. The van der Waals surface area contributed by atoms with Crippen molar-refractivity contribution in [2.75, 3.05) is 0 Å². The zero-order chi connectivity index (χ0) is 21.7. The van der Waals surface area contributed by atoms with Gasteiger partial charge in [-0.1, -0.05) is 69.6 Å². The van der Waals surface area contributed by atoms with Gasteiger partial charge in [-0.05, 0) is 18.2 Å². The van der Waals surface area contributed by atoms with Crippen LogP contribution in [0.5, 0.6) is 0 Å². The lowest BCUT2D eigenvalue weighted by atomic mass is 9.84. The molecule has 29 heavy (non-hydrogen) atoms. The van der Waals surface area contributed by atoms with Crippen LogP contribution in [0.2, 0.25) is 10.0 Å². The maximum absolute atomic E-state index is 13.0. The van der Waals surface area contributed by atoms with Crippen LogP contribution < -0.4 is 5.43 Å². The third-order valence-corrected chi connectivity index (χ3v) is 10.1. The highest BCUT2D eigenvalue weighted by atomic mass is 35.5. The molecule has 0 unspecified atom stereocenters. The number of amides is 3. The van der Waals surface area contributed by atoms with Crippen LogP contribution in [0.15, 0.2) is 28.3 Å². The van der Waals surface area contributed by atoms with E-state index in [0.29, 0.717) is 10.0 Å². The van der Waals surface area contributed by atoms with Gasteiger partial charge in [0.25, 0.3) is 17.7 Å². The molecule has 4 rings (SSSR count). The Balaban J connectivity index is 1.72. The van der Waals surface area contributed by atoms with Crippen molar-refractivity contribution < 1.29 is 14.4 Å². The summed E-state index contributed by atoms with van der Waals surface area (Å²) < 4.78 is -2.05. The average molecular weight is 558 g/mol. The van der Waals surface area contributed by atoms with E-state index in [1.54, 1.807) is 0 Å². The Labute approximate surface area is 204 Å². The third kappa shape index (κ3) is 2.48. The molecule has 1 saturated heterocycles. The number of hydrogen-bond donors (Lipinski definition) is 1. The Kier molecular flexibility index (Phi) is 5.10. The minimum absolute atomic E-state index is 0.0175. The first kappa shape index (κ1) is 22.1. The second kappa shape index (κ2) is 6.69. The van der Waals surface area contributed by atoms with Gasteiger partial charge in [-0.2, -0.15) is 5.01 Å². The summed E-state index contributed by atoms with van der Waals surface area (Å²) in [6, 6.07) is 4.09. The Bertz CT molecular complexity index is 997. The Morgan fingerprint density at radius 2 is 1.38 bits per heavy atom. The summed E-state index contributed by atoms with van der Waals surface area (Å²) >= 11 is 50.1. The summed E-state index contributed by atoms with van der Waals surface area (Å²) in [6.07, 6.45) is 0. The SMILES string of the molecule is O=C(NN1C(=O)[C@H]2[C@H](C1=O)[C@@]1(Cl)C(Cl)=C(Cl)[C@@]2(Cl)C1(Cl)Cl)c1ccc(Cl)cc1Cl. The lowest BCUT2D eigenvalue weighted by Gasteiger charge is -2.34. The first-order valence-electron chi connectivity index (χ1n) is 7.77. The van der Waals surface area contributed by atoms with Gasteiger partial charge in [0.1, 0.15) is 9.75 Å². The third-order valence-electron chi connectivity index (χ3n) is 5.30. The van der Waals surface area contributed by atoms with Crippen molar-refractivity contribution in [3.8, 4) is 0 Å². The van der Waals surface area contributed by atoms with E-state index in [0.717, 1.165) is 0 Å². The number of imide groups is 1. The standard InChI is InChI=1S/C16H6Cl8N2O3/c17-4-1-2-5(6(18)3-4)11(27)25-26-12(28)7-8(13(26)29)15(22)10(20)9(19)14(7,21)16(15,23)24/h1-3,7-8H,(H,25,27)/t7-,8-,14-,15-/m1/s1. The number of hydrogen-bond acceptors (Lipinski definition) is 3. The minimum atomic E-state index is -2.05. The number of nitrogens with zero attached hydrogens (tertiary/aromatic N) is 1. The van der Waals surface area contributed by atoms with Gasteiger partial charge in [-0.15, -0.1) is 23.2 Å². The monoisotopic (exact) mass is 554 g/mol. The minimum Gasteiger partial charge on any atom is -0.272 e. The van der Waals surface area contributed by atoms with E-state index in [4.69, 9.17) is 92.8 Å². The lowest BCUT2D eigenvalue weighted by Crippen LogP contribution is -2.54. The van der Waals surface area contributed by atoms with E-state index in [9.17, 15) is 14.4 Å². The van der Waals surface area contributed by atoms with Crippen molar-refractivity contribution >= 4 is 111 Å². The summed E-state index contributed by atoms with van der Waals surface area (Å²) in [5, 5.41) is 0.370. The zero-order valence-corrected chi connectivity index (χ0v) is 19.6. The van der Waals surface area contributed by atoms with Crippen LogP contribution in [-0.2, 0) is 9.59 Å². The molecular weight excluding hydrogens is 552 g/mol. The molecule has 5 nitrogen and oxygen atoms in total. The molecule has 0 aromatic heterocycles. The highest BCUT2D eigenvalue weighted by Gasteiger charge is 2.87. The van der Waals surface area contributed by atoms with E-state index in [-0.39, 0.29) is 20.7 Å². The average Bonchev–Trinajstić information content (AvgIpc) is 3.00. The highest BCUT2D eigenvalue weighted by Crippen LogP contribution is 2.77. The fraction of sp³-hybridized carbons (Fsp3) is 0.312. The van der Waals surface area contributed by atoms with Gasteiger partial charge in [0.2, 0.25) is 0 Å². The number of rotatable bonds is 2. The molecule has 2 aliphatic carbocycles. The molecule has 4 atom stereocenters. The van der Waals surface area contributed by atoms with Gasteiger partial charge < -0.3 is 0 Å². The molecule has 3 amide bonds. The first-order chi connectivity index (χ1) is 13.3. The van der Waals surface area contributed by atoms with Gasteiger partial charge in [-0.25, -0.2) is 0 Å². The molecule has 0 radical (unpaired) electrons. The Hall–Kier alpha value is -0.110. The van der Waals surface area contributed by atoms with Crippen LogP contribution in [0.25, 0.3) is 0 Å². The molecule has 1 heterocycles. The number of nitrogens with one attached hydrogen (secondary N) is 1. The molecule has 1 N–H and O–H groups in total. The van der Waals surface area contributed by atoms with Crippen LogP contribution in [0.3, 0.4) is 0 Å². The predicted molar refractivity (Wildman–Crippen MR) is 113 cm³/mol. The van der Waals surface area contributed by atoms with Crippen LogP contribution >= 0.6 is 92.8 Å². The van der Waals surface area contributed by atoms with Crippen LogP contribution in [0.4, 0.5) is 0 Å². The van der Waals surface area contributed by atoms with Gasteiger partial charge in [-0.3, -0.25) is 19.8 Å². The number of alkyl halides is 4. The van der Waals surface area contributed by atoms with Gasteiger partial charge >= 0.3 is 0 Å². The molecule has 154 valence electrons. The van der Waals surface area contributed by atoms with Crippen molar-refractivity contribution in [2.24, 2.45) is 11.8 Å². The number of fused-ring (bicyclic) bond motifs is 5. The fourth-order valence-corrected chi connectivity index (χ4v) is 7.36. The number of hydrazine groups is 1.